The monoisotopic (exact) mass is 227 g/mol. The van der Waals surface area contributed by atoms with Gasteiger partial charge in [-0.15, -0.1) is 0 Å². The van der Waals surface area contributed by atoms with Gasteiger partial charge < -0.3 is 0 Å². The van der Waals surface area contributed by atoms with E-state index >= 15 is 0 Å². The zero-order chi connectivity index (χ0) is 10.7. The molecule has 0 bridgehead atoms. The molecule has 0 aromatic carbocycles. The quantitative estimate of drug-likeness (QED) is 0.794. The van der Waals surface area contributed by atoms with Crippen LogP contribution in [0, 0.1) is 5.92 Å². The van der Waals surface area contributed by atoms with Gasteiger partial charge in [0.05, 0.1) is 6.61 Å². The first-order valence-corrected chi connectivity index (χ1v) is 6.26. The van der Waals surface area contributed by atoms with Crippen molar-refractivity contribution in [2.24, 2.45) is 5.92 Å². The van der Waals surface area contributed by atoms with Crippen LogP contribution in [-0.4, -0.2) is 22.5 Å². The van der Waals surface area contributed by atoms with Crippen LogP contribution in [0.15, 0.2) is 0 Å². The molecule has 0 aliphatic carbocycles. The molecule has 84 valence electrons. The second-order valence-corrected chi connectivity index (χ2v) is 4.96. The van der Waals surface area contributed by atoms with Crippen molar-refractivity contribution in [2.75, 3.05) is 18.2 Å². The highest BCUT2D eigenvalue weighted by Gasteiger charge is 2.16. The fraction of sp³-hybridized carbons (Fsp3) is 0.800. The van der Waals surface area contributed by atoms with Crippen molar-refractivity contribution in [3.05, 3.63) is 5.82 Å². The summed E-state index contributed by atoms with van der Waals surface area (Å²) in [5, 5.41) is 2.79. The van der Waals surface area contributed by atoms with Crippen LogP contribution < -0.4 is 5.06 Å². The van der Waals surface area contributed by atoms with E-state index in [1.54, 1.807) is 0 Å². The van der Waals surface area contributed by atoms with Gasteiger partial charge in [0, 0.05) is 24.5 Å². The van der Waals surface area contributed by atoms with Gasteiger partial charge in [-0.1, -0.05) is 13.8 Å². The first-order chi connectivity index (χ1) is 7.25. The molecule has 0 N–H and O–H groups in total. The molecular formula is C10H17N3OS. The molecule has 2 rings (SSSR count). The number of aromatic nitrogens is 2. The molecule has 0 atom stereocenters. The van der Waals surface area contributed by atoms with Gasteiger partial charge in [-0.05, 0) is 18.8 Å². The first-order valence-electron chi connectivity index (χ1n) is 5.49. The van der Waals surface area contributed by atoms with Crippen molar-refractivity contribution in [2.45, 2.75) is 33.1 Å². The predicted molar refractivity (Wildman–Crippen MR) is 61.0 cm³/mol. The maximum atomic E-state index is 5.52. The lowest BCUT2D eigenvalue weighted by Crippen LogP contribution is -2.29. The fourth-order valence-electron chi connectivity index (χ4n) is 1.54. The minimum atomic E-state index is 0.606. The van der Waals surface area contributed by atoms with E-state index in [2.05, 4.69) is 23.2 Å². The van der Waals surface area contributed by atoms with Gasteiger partial charge in [-0.3, -0.25) is 4.84 Å². The third-order valence-electron chi connectivity index (χ3n) is 2.26. The maximum absolute atomic E-state index is 5.52. The van der Waals surface area contributed by atoms with Gasteiger partial charge >= 0.3 is 0 Å². The van der Waals surface area contributed by atoms with Crippen LogP contribution in [0.2, 0.25) is 0 Å². The third-order valence-corrected chi connectivity index (χ3v) is 3.02. The van der Waals surface area contributed by atoms with Crippen molar-refractivity contribution in [1.82, 2.24) is 9.36 Å². The molecule has 1 aromatic heterocycles. The minimum absolute atomic E-state index is 0.606. The Kier molecular flexibility index (Phi) is 3.53. The normalized spacial score (nSPS) is 17.4. The van der Waals surface area contributed by atoms with Crippen LogP contribution in [0.5, 0.6) is 0 Å². The van der Waals surface area contributed by atoms with Crippen LogP contribution in [0.3, 0.4) is 0 Å². The summed E-state index contributed by atoms with van der Waals surface area (Å²) in [4.78, 5) is 10.0. The molecule has 1 saturated heterocycles. The molecule has 1 fully saturated rings. The van der Waals surface area contributed by atoms with Gasteiger partial charge in [0.2, 0.25) is 5.13 Å². The van der Waals surface area contributed by atoms with Crippen LogP contribution in [0.4, 0.5) is 5.13 Å². The molecule has 5 heteroatoms. The van der Waals surface area contributed by atoms with E-state index in [4.69, 9.17) is 4.84 Å². The van der Waals surface area contributed by atoms with E-state index < -0.39 is 0 Å². The van der Waals surface area contributed by atoms with Crippen LogP contribution >= 0.6 is 11.5 Å². The van der Waals surface area contributed by atoms with E-state index in [9.17, 15) is 0 Å². The average Bonchev–Trinajstić information content (AvgIpc) is 2.67. The topological polar surface area (TPSA) is 38.2 Å². The van der Waals surface area contributed by atoms with E-state index in [-0.39, 0.29) is 0 Å². The Balaban J connectivity index is 1.99. The molecule has 1 aromatic rings. The first kappa shape index (κ1) is 10.8. The van der Waals surface area contributed by atoms with E-state index in [1.807, 2.05) is 5.06 Å². The Bertz CT molecular complexity index is 307. The number of anilines is 1. The summed E-state index contributed by atoms with van der Waals surface area (Å²) in [5.41, 5.74) is 0. The summed E-state index contributed by atoms with van der Waals surface area (Å²) >= 11 is 1.44. The maximum Gasteiger partial charge on any atom is 0.229 e. The van der Waals surface area contributed by atoms with E-state index in [1.165, 1.54) is 18.0 Å². The second kappa shape index (κ2) is 4.90. The summed E-state index contributed by atoms with van der Waals surface area (Å²) in [7, 11) is 0. The summed E-state index contributed by atoms with van der Waals surface area (Å²) in [6.07, 6.45) is 3.28. The van der Waals surface area contributed by atoms with E-state index in [0.717, 1.165) is 36.9 Å². The van der Waals surface area contributed by atoms with Gasteiger partial charge in [0.1, 0.15) is 5.82 Å². The van der Waals surface area contributed by atoms with Crippen molar-refractivity contribution in [3.8, 4) is 0 Å². The molecule has 2 heterocycles. The Hall–Kier alpha value is -0.680. The molecular weight excluding hydrogens is 210 g/mol. The standard InChI is InChI=1S/C10H17N3OS/c1-8(2)7-9-11-10(15-12-9)13-5-3-4-6-14-13/h8H,3-7H2,1-2H3. The highest BCUT2D eigenvalue weighted by atomic mass is 32.1. The highest BCUT2D eigenvalue weighted by Crippen LogP contribution is 2.21. The van der Waals surface area contributed by atoms with E-state index in [0.29, 0.717) is 5.92 Å². The molecule has 1 aliphatic heterocycles. The highest BCUT2D eigenvalue weighted by molar-refractivity contribution is 7.09. The number of hydrogen-bond donors (Lipinski definition) is 0. The fourth-order valence-corrected chi connectivity index (χ4v) is 2.23. The van der Waals surface area contributed by atoms with Crippen molar-refractivity contribution >= 4 is 16.7 Å². The van der Waals surface area contributed by atoms with Crippen LogP contribution in [0.1, 0.15) is 32.5 Å². The van der Waals surface area contributed by atoms with Gasteiger partial charge in [0.25, 0.3) is 0 Å². The Labute approximate surface area is 94.4 Å². The lowest BCUT2D eigenvalue weighted by molar-refractivity contribution is 0.0776. The van der Waals surface area contributed by atoms with Gasteiger partial charge in [-0.2, -0.15) is 4.37 Å². The van der Waals surface area contributed by atoms with Crippen LogP contribution in [-0.2, 0) is 11.3 Å². The molecule has 1 aliphatic rings. The van der Waals surface area contributed by atoms with Crippen LogP contribution in [0.25, 0.3) is 0 Å². The summed E-state index contributed by atoms with van der Waals surface area (Å²) in [6.45, 7) is 6.10. The van der Waals surface area contributed by atoms with Crippen molar-refractivity contribution in [3.63, 3.8) is 0 Å². The van der Waals surface area contributed by atoms with Gasteiger partial charge in [-0.25, -0.2) is 10.0 Å². The minimum Gasteiger partial charge on any atom is -0.271 e. The summed E-state index contributed by atoms with van der Waals surface area (Å²) in [5.74, 6) is 1.55. The second-order valence-electron chi connectivity index (χ2n) is 4.23. The zero-order valence-corrected chi connectivity index (χ0v) is 10.1. The zero-order valence-electron chi connectivity index (χ0n) is 9.27. The molecule has 0 amide bonds. The molecule has 0 radical (unpaired) electrons. The molecule has 0 saturated carbocycles. The molecule has 0 unspecified atom stereocenters. The number of hydroxylamine groups is 1. The lowest BCUT2D eigenvalue weighted by atomic mass is 10.1. The lowest BCUT2D eigenvalue weighted by Gasteiger charge is -2.24. The Morgan fingerprint density at radius 2 is 2.33 bits per heavy atom. The van der Waals surface area contributed by atoms with Crippen molar-refractivity contribution < 1.29 is 4.84 Å². The third kappa shape index (κ3) is 2.89. The number of hydrogen-bond acceptors (Lipinski definition) is 5. The molecule has 15 heavy (non-hydrogen) atoms. The smallest absolute Gasteiger partial charge is 0.229 e. The number of rotatable bonds is 3. The summed E-state index contributed by atoms with van der Waals surface area (Å²) in [6, 6.07) is 0. The largest absolute Gasteiger partial charge is 0.271 e. The van der Waals surface area contributed by atoms with Gasteiger partial charge in [0.15, 0.2) is 0 Å². The summed E-state index contributed by atoms with van der Waals surface area (Å²) < 4.78 is 4.34. The molecule has 4 nitrogen and oxygen atoms in total. The molecule has 0 spiro atoms. The Morgan fingerprint density at radius 3 is 3.00 bits per heavy atom. The predicted octanol–water partition coefficient (Wildman–Crippen LogP) is 2.27. The Morgan fingerprint density at radius 1 is 1.47 bits per heavy atom. The SMILES string of the molecule is CC(C)Cc1nsc(N2CCCCO2)n1. The average molecular weight is 227 g/mol. The van der Waals surface area contributed by atoms with Crippen molar-refractivity contribution in [1.29, 1.82) is 0 Å². The number of nitrogens with zero attached hydrogens (tertiary/aromatic N) is 3.